The van der Waals surface area contributed by atoms with Crippen LogP contribution in [-0.4, -0.2) is 42.9 Å². The Morgan fingerprint density at radius 2 is 1.69 bits per heavy atom. The minimum absolute atomic E-state index is 0.0288. The molecule has 1 aliphatic heterocycles. The van der Waals surface area contributed by atoms with Crippen molar-refractivity contribution in [3.8, 4) is 0 Å². The number of benzene rings is 3. The Bertz CT molecular complexity index is 1550. The predicted molar refractivity (Wildman–Crippen MR) is 164 cm³/mol. The van der Waals surface area contributed by atoms with E-state index in [-0.39, 0.29) is 36.5 Å². The summed E-state index contributed by atoms with van der Waals surface area (Å²) in [6.07, 6.45) is 1.64. The van der Waals surface area contributed by atoms with E-state index in [0.29, 0.717) is 22.0 Å². The van der Waals surface area contributed by atoms with Crippen LogP contribution in [0.25, 0.3) is 0 Å². The number of nitrogens with one attached hydrogen (secondary N) is 1. The first kappa shape index (κ1) is 30.5. The summed E-state index contributed by atoms with van der Waals surface area (Å²) in [6, 6.07) is 22.7. The Morgan fingerprint density at radius 1 is 1.00 bits per heavy atom. The Kier molecular flexibility index (Phi) is 8.99. The van der Waals surface area contributed by atoms with Gasteiger partial charge in [-0.05, 0) is 66.1 Å². The molecule has 1 amide bonds. The fourth-order valence-electron chi connectivity index (χ4n) is 6.28. The van der Waals surface area contributed by atoms with Gasteiger partial charge in [0.1, 0.15) is 0 Å². The Balaban J connectivity index is 1.58. The van der Waals surface area contributed by atoms with Crippen molar-refractivity contribution in [1.82, 2.24) is 9.62 Å². The number of amides is 1. The third-order valence-corrected chi connectivity index (χ3v) is 10.2. The number of aliphatic carboxylic acids is 1. The SMILES string of the molecule is C[C@]1(CC(=O)O)CC(c2cccc(Cl)c2)C(c2ccc(Cl)cc2)N(C(CNS(=O)(=O)Cc2ccccc2)C2CC2)C1=O. The van der Waals surface area contributed by atoms with Crippen molar-refractivity contribution in [3.63, 3.8) is 0 Å². The van der Waals surface area contributed by atoms with Crippen LogP contribution in [0.4, 0.5) is 0 Å². The molecular formula is C32H34Cl2N2O5S. The molecule has 0 radical (unpaired) electrons. The third-order valence-electron chi connectivity index (χ3n) is 8.37. The van der Waals surface area contributed by atoms with Gasteiger partial charge in [0.15, 0.2) is 0 Å². The van der Waals surface area contributed by atoms with E-state index in [2.05, 4.69) is 4.72 Å². The summed E-state index contributed by atoms with van der Waals surface area (Å²) in [5, 5.41) is 11.0. The van der Waals surface area contributed by atoms with E-state index in [4.69, 9.17) is 23.2 Å². The second-order valence-electron chi connectivity index (χ2n) is 11.7. The van der Waals surface area contributed by atoms with Gasteiger partial charge < -0.3 is 10.0 Å². The quantitative estimate of drug-likeness (QED) is 0.255. The molecule has 3 unspecified atom stereocenters. The van der Waals surface area contributed by atoms with Gasteiger partial charge in [-0.2, -0.15) is 0 Å². The predicted octanol–water partition coefficient (Wildman–Crippen LogP) is 6.43. The Morgan fingerprint density at radius 3 is 2.31 bits per heavy atom. The van der Waals surface area contributed by atoms with E-state index < -0.39 is 33.5 Å². The fourth-order valence-corrected chi connectivity index (χ4v) is 7.76. The molecule has 4 atom stereocenters. The lowest BCUT2D eigenvalue weighted by Gasteiger charge is -2.52. The van der Waals surface area contributed by atoms with Crippen molar-refractivity contribution in [1.29, 1.82) is 0 Å². The number of hydrogen-bond donors (Lipinski definition) is 2. The molecule has 1 heterocycles. The van der Waals surface area contributed by atoms with E-state index in [1.54, 1.807) is 54.3 Å². The molecule has 10 heteroatoms. The summed E-state index contributed by atoms with van der Waals surface area (Å²) in [5.41, 5.74) is 1.18. The molecule has 7 nitrogen and oxygen atoms in total. The molecule has 1 saturated heterocycles. The number of halogens is 2. The molecule has 1 aliphatic carbocycles. The van der Waals surface area contributed by atoms with Crippen LogP contribution >= 0.6 is 23.2 Å². The van der Waals surface area contributed by atoms with Crippen molar-refractivity contribution < 1.29 is 23.1 Å². The van der Waals surface area contributed by atoms with Crippen LogP contribution in [0.5, 0.6) is 0 Å². The topological polar surface area (TPSA) is 104 Å². The lowest BCUT2D eigenvalue weighted by atomic mass is 9.67. The number of piperidine rings is 1. The summed E-state index contributed by atoms with van der Waals surface area (Å²) >= 11 is 12.7. The second-order valence-corrected chi connectivity index (χ2v) is 14.4. The molecule has 42 heavy (non-hydrogen) atoms. The van der Waals surface area contributed by atoms with Crippen LogP contribution in [0.15, 0.2) is 78.9 Å². The number of rotatable bonds is 11. The number of hydrogen-bond acceptors (Lipinski definition) is 4. The fraction of sp³-hybridized carbons (Fsp3) is 0.375. The molecule has 3 aromatic carbocycles. The maximum absolute atomic E-state index is 14.5. The second kappa shape index (κ2) is 12.4. The number of carbonyl (C=O) groups is 2. The Labute approximate surface area is 256 Å². The zero-order valence-electron chi connectivity index (χ0n) is 23.2. The normalized spacial score (nSPS) is 23.5. The maximum Gasteiger partial charge on any atom is 0.304 e. The number of carbonyl (C=O) groups excluding carboxylic acids is 1. The highest BCUT2D eigenvalue weighted by Crippen LogP contribution is 2.54. The molecule has 0 aromatic heterocycles. The third kappa shape index (κ3) is 7.00. The van der Waals surface area contributed by atoms with Gasteiger partial charge in [-0.25, -0.2) is 13.1 Å². The van der Waals surface area contributed by atoms with Crippen LogP contribution < -0.4 is 4.72 Å². The van der Waals surface area contributed by atoms with Gasteiger partial charge in [0.05, 0.1) is 23.6 Å². The zero-order valence-corrected chi connectivity index (χ0v) is 25.6. The lowest BCUT2D eigenvalue weighted by molar-refractivity contribution is -0.161. The molecule has 0 bridgehead atoms. The van der Waals surface area contributed by atoms with Crippen LogP contribution in [-0.2, 0) is 25.4 Å². The average molecular weight is 630 g/mol. The first-order valence-corrected chi connectivity index (χ1v) is 16.4. The van der Waals surface area contributed by atoms with Crippen LogP contribution in [0, 0.1) is 11.3 Å². The standard InChI is InChI=1S/C32H34Cl2N2O5S/c1-32(18-29(37)38)17-27(24-8-5-9-26(34)16-24)30(23-12-14-25(33)15-13-23)36(31(32)39)28(22-10-11-22)19-35-42(40,41)20-21-6-3-2-4-7-21/h2-9,12-16,22,27-28,30,35H,10-11,17-20H2,1H3,(H,37,38)/t27?,28?,30?,32-/m1/s1. The smallest absolute Gasteiger partial charge is 0.304 e. The van der Waals surface area contributed by atoms with Gasteiger partial charge in [0.25, 0.3) is 0 Å². The first-order valence-electron chi connectivity index (χ1n) is 14.0. The molecule has 0 spiro atoms. The number of likely N-dealkylation sites (tertiary alicyclic amines) is 1. The van der Waals surface area contributed by atoms with Gasteiger partial charge >= 0.3 is 5.97 Å². The van der Waals surface area contributed by atoms with E-state index in [9.17, 15) is 23.1 Å². The van der Waals surface area contributed by atoms with Gasteiger partial charge in [0.2, 0.25) is 15.9 Å². The number of sulfonamides is 1. The minimum atomic E-state index is -3.72. The van der Waals surface area contributed by atoms with E-state index in [1.165, 1.54) is 0 Å². The van der Waals surface area contributed by atoms with Gasteiger partial charge in [0, 0.05) is 28.5 Å². The van der Waals surface area contributed by atoms with Gasteiger partial charge in [-0.1, -0.05) is 84.7 Å². The Hall–Kier alpha value is -2.91. The monoisotopic (exact) mass is 628 g/mol. The van der Waals surface area contributed by atoms with Gasteiger partial charge in [-0.3, -0.25) is 9.59 Å². The highest BCUT2D eigenvalue weighted by molar-refractivity contribution is 7.88. The number of nitrogens with zero attached hydrogens (tertiary/aromatic N) is 1. The largest absolute Gasteiger partial charge is 0.481 e. The van der Waals surface area contributed by atoms with Crippen molar-refractivity contribution in [2.75, 3.05) is 6.54 Å². The highest BCUT2D eigenvalue weighted by Gasteiger charge is 2.54. The number of carboxylic acids is 1. The zero-order chi connectivity index (χ0) is 30.1. The number of carboxylic acid groups (broad SMARTS) is 1. The molecule has 222 valence electrons. The summed E-state index contributed by atoms with van der Waals surface area (Å²) in [6.45, 7) is 1.73. The van der Waals surface area contributed by atoms with Gasteiger partial charge in [-0.15, -0.1) is 0 Å². The van der Waals surface area contributed by atoms with Crippen LogP contribution in [0.3, 0.4) is 0 Å². The highest BCUT2D eigenvalue weighted by atomic mass is 35.5. The molecule has 3 aromatic rings. The van der Waals surface area contributed by atoms with Crippen molar-refractivity contribution >= 4 is 45.1 Å². The molecule has 2 N–H and O–H groups in total. The van der Waals surface area contributed by atoms with Crippen molar-refractivity contribution in [2.45, 2.75) is 56.4 Å². The minimum Gasteiger partial charge on any atom is -0.481 e. The van der Waals surface area contributed by atoms with Crippen molar-refractivity contribution in [2.24, 2.45) is 11.3 Å². The molecule has 2 aliphatic rings. The first-order chi connectivity index (χ1) is 20.0. The molecule has 2 fully saturated rings. The average Bonchev–Trinajstić information content (AvgIpc) is 3.77. The molecular weight excluding hydrogens is 595 g/mol. The van der Waals surface area contributed by atoms with E-state index in [0.717, 1.165) is 24.0 Å². The lowest BCUT2D eigenvalue weighted by Crippen LogP contribution is -2.59. The van der Waals surface area contributed by atoms with Crippen LogP contribution in [0.1, 0.15) is 61.3 Å². The molecule has 5 rings (SSSR count). The van der Waals surface area contributed by atoms with E-state index >= 15 is 0 Å². The molecule has 1 saturated carbocycles. The van der Waals surface area contributed by atoms with Crippen LogP contribution in [0.2, 0.25) is 10.0 Å². The summed E-state index contributed by atoms with van der Waals surface area (Å²) < 4.78 is 29.1. The summed E-state index contributed by atoms with van der Waals surface area (Å²) in [5.74, 6) is -1.75. The van der Waals surface area contributed by atoms with Crippen molar-refractivity contribution in [3.05, 3.63) is 106 Å². The maximum atomic E-state index is 14.5. The van der Waals surface area contributed by atoms with E-state index in [1.807, 2.05) is 36.4 Å². The summed E-state index contributed by atoms with van der Waals surface area (Å²) in [7, 11) is -3.72. The summed E-state index contributed by atoms with van der Waals surface area (Å²) in [4.78, 5) is 28.3.